The van der Waals surface area contributed by atoms with Gasteiger partial charge in [0.05, 0.1) is 12.1 Å². The molecule has 0 aliphatic carbocycles. The van der Waals surface area contributed by atoms with E-state index < -0.39 is 0 Å². The first-order chi connectivity index (χ1) is 9.22. The smallest absolute Gasteiger partial charge is 0.128 e. The predicted molar refractivity (Wildman–Crippen MR) is 82.5 cm³/mol. The molecule has 1 rings (SSSR count). The van der Waals surface area contributed by atoms with Gasteiger partial charge >= 0.3 is 0 Å². The molecule has 0 aromatic heterocycles. The van der Waals surface area contributed by atoms with Gasteiger partial charge < -0.3 is 10.1 Å². The van der Waals surface area contributed by atoms with E-state index >= 15 is 0 Å². The maximum absolute atomic E-state index is 14.5. The number of aryl methyl sites for hydroxylation is 2. The van der Waals surface area contributed by atoms with E-state index in [1.165, 1.54) is 0 Å². The van der Waals surface area contributed by atoms with Gasteiger partial charge in [0.25, 0.3) is 0 Å². The van der Waals surface area contributed by atoms with Gasteiger partial charge in [0.2, 0.25) is 0 Å². The molecule has 0 bridgehead atoms. The Morgan fingerprint density at radius 2 is 1.85 bits per heavy atom. The first-order valence-electron chi connectivity index (χ1n) is 7.25. The zero-order chi connectivity index (χ0) is 15.5. The van der Waals surface area contributed by atoms with E-state index in [1.54, 1.807) is 13.2 Å². The van der Waals surface area contributed by atoms with Crippen LogP contribution in [-0.4, -0.2) is 19.8 Å². The maximum atomic E-state index is 14.5. The van der Waals surface area contributed by atoms with Crippen molar-refractivity contribution in [1.82, 2.24) is 5.32 Å². The fraction of sp³-hybridized carbons (Fsp3) is 0.647. The molecule has 0 saturated carbocycles. The highest BCUT2D eigenvalue weighted by Gasteiger charge is 2.35. The van der Waals surface area contributed by atoms with Crippen molar-refractivity contribution >= 4 is 0 Å². The molecule has 3 heteroatoms. The molecule has 0 amide bonds. The molecule has 2 nitrogen and oxygen atoms in total. The van der Waals surface area contributed by atoms with Gasteiger partial charge in [-0.1, -0.05) is 33.8 Å². The molecule has 0 heterocycles. The van der Waals surface area contributed by atoms with Gasteiger partial charge in [0, 0.05) is 12.7 Å². The van der Waals surface area contributed by atoms with E-state index in [0.717, 1.165) is 23.2 Å². The van der Waals surface area contributed by atoms with Crippen LogP contribution in [0.3, 0.4) is 0 Å². The fourth-order valence-corrected chi connectivity index (χ4v) is 2.89. The van der Waals surface area contributed by atoms with E-state index in [-0.39, 0.29) is 23.4 Å². The van der Waals surface area contributed by atoms with E-state index in [1.807, 2.05) is 26.8 Å². The molecule has 20 heavy (non-hydrogen) atoms. The zero-order valence-corrected chi connectivity index (χ0v) is 13.8. The van der Waals surface area contributed by atoms with Crippen LogP contribution in [0.5, 0.6) is 0 Å². The summed E-state index contributed by atoms with van der Waals surface area (Å²) in [6, 6.07) is 3.48. The molecule has 0 saturated heterocycles. The molecule has 0 radical (unpaired) electrons. The summed E-state index contributed by atoms with van der Waals surface area (Å²) in [5.74, 6) is -0.153. The Labute approximate surface area is 122 Å². The van der Waals surface area contributed by atoms with E-state index in [9.17, 15) is 4.39 Å². The van der Waals surface area contributed by atoms with Crippen molar-refractivity contribution in [2.45, 2.75) is 53.7 Å². The van der Waals surface area contributed by atoms with Gasteiger partial charge in [-0.3, -0.25) is 0 Å². The van der Waals surface area contributed by atoms with Gasteiger partial charge in [-0.2, -0.15) is 0 Å². The average Bonchev–Trinajstić information content (AvgIpc) is 2.26. The summed E-state index contributed by atoms with van der Waals surface area (Å²) in [6.45, 7) is 13.0. The van der Waals surface area contributed by atoms with Gasteiger partial charge in [0.15, 0.2) is 0 Å². The minimum atomic E-state index is -0.153. The molecule has 0 aliphatic heterocycles. The standard InChI is InChI=1S/C17H28FNO/c1-8-19-15(16(20-7)17(4,5)6)14-12(3)9-11(2)10-13(14)18/h9-10,15-16,19H,8H2,1-7H3. The second-order valence-electron chi connectivity index (χ2n) is 6.53. The zero-order valence-electron chi connectivity index (χ0n) is 13.8. The van der Waals surface area contributed by atoms with Crippen molar-refractivity contribution in [3.8, 4) is 0 Å². The van der Waals surface area contributed by atoms with Crippen LogP contribution in [0.4, 0.5) is 4.39 Å². The summed E-state index contributed by atoms with van der Waals surface area (Å²) in [4.78, 5) is 0. The Balaban J connectivity index is 3.33. The largest absolute Gasteiger partial charge is 0.379 e. The van der Waals surface area contributed by atoms with E-state index in [4.69, 9.17) is 4.74 Å². The minimum absolute atomic E-state index is 0.0780. The maximum Gasteiger partial charge on any atom is 0.128 e. The second kappa shape index (κ2) is 6.68. The van der Waals surface area contributed by atoms with Crippen molar-refractivity contribution in [1.29, 1.82) is 0 Å². The quantitative estimate of drug-likeness (QED) is 0.875. The molecule has 2 unspecified atom stereocenters. The molecule has 0 aliphatic rings. The molecular formula is C17H28FNO. The highest BCUT2D eigenvalue weighted by molar-refractivity contribution is 5.35. The van der Waals surface area contributed by atoms with Crippen molar-refractivity contribution in [2.24, 2.45) is 5.41 Å². The fourth-order valence-electron chi connectivity index (χ4n) is 2.89. The molecular weight excluding hydrogens is 253 g/mol. The Morgan fingerprint density at radius 3 is 2.25 bits per heavy atom. The van der Waals surface area contributed by atoms with Crippen molar-refractivity contribution < 1.29 is 9.13 Å². The third kappa shape index (κ3) is 3.80. The van der Waals surface area contributed by atoms with Crippen LogP contribution in [0.25, 0.3) is 0 Å². The number of rotatable bonds is 5. The second-order valence-corrected chi connectivity index (χ2v) is 6.53. The number of hydrogen-bond donors (Lipinski definition) is 1. The molecule has 0 fully saturated rings. The summed E-state index contributed by atoms with van der Waals surface area (Å²) < 4.78 is 20.2. The van der Waals surface area contributed by atoms with Crippen molar-refractivity contribution in [3.63, 3.8) is 0 Å². The molecule has 1 aromatic carbocycles. The topological polar surface area (TPSA) is 21.3 Å². The number of methoxy groups -OCH3 is 1. The molecule has 1 aromatic rings. The van der Waals surface area contributed by atoms with Gasteiger partial charge in [-0.05, 0) is 43.0 Å². The number of ether oxygens (including phenoxy) is 1. The van der Waals surface area contributed by atoms with Crippen LogP contribution >= 0.6 is 0 Å². The summed E-state index contributed by atoms with van der Waals surface area (Å²) in [7, 11) is 1.70. The van der Waals surface area contributed by atoms with Crippen LogP contribution < -0.4 is 5.32 Å². The molecule has 2 atom stereocenters. The number of benzene rings is 1. The van der Waals surface area contributed by atoms with Crippen molar-refractivity contribution in [2.75, 3.05) is 13.7 Å². The van der Waals surface area contributed by atoms with Crippen LogP contribution in [0, 0.1) is 25.1 Å². The van der Waals surface area contributed by atoms with Crippen LogP contribution in [-0.2, 0) is 4.74 Å². The third-order valence-corrected chi connectivity index (χ3v) is 3.63. The Kier molecular flexibility index (Phi) is 5.72. The van der Waals surface area contributed by atoms with E-state index in [2.05, 4.69) is 26.1 Å². The normalized spacial score (nSPS) is 15.2. The van der Waals surface area contributed by atoms with Gasteiger partial charge in [-0.25, -0.2) is 4.39 Å². The Bertz CT molecular complexity index is 428. The summed E-state index contributed by atoms with van der Waals surface area (Å²) >= 11 is 0. The lowest BCUT2D eigenvalue weighted by molar-refractivity contribution is -0.0125. The monoisotopic (exact) mass is 281 g/mol. The lowest BCUT2D eigenvalue weighted by Gasteiger charge is -2.37. The van der Waals surface area contributed by atoms with Gasteiger partial charge in [0.1, 0.15) is 5.82 Å². The summed E-state index contributed by atoms with van der Waals surface area (Å²) in [6.07, 6.45) is -0.0987. The minimum Gasteiger partial charge on any atom is -0.379 e. The molecule has 114 valence electrons. The van der Waals surface area contributed by atoms with Crippen molar-refractivity contribution in [3.05, 3.63) is 34.6 Å². The lowest BCUT2D eigenvalue weighted by Crippen LogP contribution is -2.42. The first kappa shape index (κ1) is 17.1. The Morgan fingerprint density at radius 1 is 1.25 bits per heavy atom. The van der Waals surface area contributed by atoms with Crippen LogP contribution in [0.15, 0.2) is 12.1 Å². The lowest BCUT2D eigenvalue weighted by atomic mass is 9.80. The third-order valence-electron chi connectivity index (χ3n) is 3.63. The highest BCUT2D eigenvalue weighted by atomic mass is 19.1. The Hall–Kier alpha value is -0.930. The average molecular weight is 281 g/mol. The van der Waals surface area contributed by atoms with Crippen LogP contribution in [0.1, 0.15) is 50.4 Å². The number of likely N-dealkylation sites (N-methyl/N-ethyl adjacent to an activating group) is 1. The highest BCUT2D eigenvalue weighted by Crippen LogP contribution is 2.35. The molecule has 0 spiro atoms. The van der Waals surface area contributed by atoms with Crippen LogP contribution in [0.2, 0.25) is 0 Å². The SMILES string of the molecule is CCNC(c1c(C)cc(C)cc1F)C(OC)C(C)(C)C. The number of hydrogen-bond acceptors (Lipinski definition) is 2. The summed E-state index contributed by atoms with van der Waals surface area (Å²) in [5.41, 5.74) is 2.56. The van der Waals surface area contributed by atoms with E-state index in [0.29, 0.717) is 0 Å². The number of halogens is 1. The number of nitrogens with one attached hydrogen (secondary N) is 1. The summed E-state index contributed by atoms with van der Waals surface area (Å²) in [5, 5.41) is 3.39. The molecule has 1 N–H and O–H groups in total. The van der Waals surface area contributed by atoms with Gasteiger partial charge in [-0.15, -0.1) is 0 Å². The predicted octanol–water partition coefficient (Wildman–Crippen LogP) is 4.15. The first-order valence-corrected chi connectivity index (χ1v) is 7.25.